The van der Waals surface area contributed by atoms with Crippen LogP contribution in [0.25, 0.3) is 0 Å². The van der Waals surface area contributed by atoms with Crippen molar-refractivity contribution in [2.45, 2.75) is 6.42 Å². The molecule has 1 aromatic rings. The van der Waals surface area contributed by atoms with Crippen LogP contribution in [0.15, 0.2) is 18.2 Å². The molecule has 3 N–H and O–H groups in total. The highest BCUT2D eigenvalue weighted by atomic mass is 35.5. The van der Waals surface area contributed by atoms with Crippen LogP contribution in [0, 0.1) is 5.92 Å². The Kier molecular flexibility index (Phi) is 5.03. The van der Waals surface area contributed by atoms with Gasteiger partial charge in [0.05, 0.1) is 10.6 Å². The highest BCUT2D eigenvalue weighted by Crippen LogP contribution is 2.21. The summed E-state index contributed by atoms with van der Waals surface area (Å²) in [5.74, 6) is -0.625. The van der Waals surface area contributed by atoms with Gasteiger partial charge in [0.15, 0.2) is 0 Å². The summed E-state index contributed by atoms with van der Waals surface area (Å²) in [7, 11) is 2.06. The lowest BCUT2D eigenvalue weighted by Gasteiger charge is -2.13. The zero-order valence-electron chi connectivity index (χ0n) is 11.7. The fourth-order valence-electron chi connectivity index (χ4n) is 2.37. The molecule has 0 radical (unpaired) electrons. The minimum Gasteiger partial charge on any atom is -0.478 e. The molecule has 21 heavy (non-hydrogen) atoms. The standard InChI is InChI=1S/C14H18ClN3O3/c1-18-5-4-9(8-18)7-16-14(21)17-10-2-3-11(13(19)20)12(15)6-10/h2-3,6,9H,4-5,7-8H2,1H3,(H,19,20)(H2,16,17,21). The van der Waals surface area contributed by atoms with Crippen LogP contribution in [-0.2, 0) is 0 Å². The van der Waals surface area contributed by atoms with Gasteiger partial charge in [-0.05, 0) is 44.1 Å². The van der Waals surface area contributed by atoms with Crippen molar-refractivity contribution in [2.75, 3.05) is 32.0 Å². The van der Waals surface area contributed by atoms with E-state index in [9.17, 15) is 9.59 Å². The molecule has 7 heteroatoms. The van der Waals surface area contributed by atoms with Crippen molar-refractivity contribution in [3.63, 3.8) is 0 Å². The second kappa shape index (κ2) is 6.78. The number of urea groups is 1. The molecule has 1 aliphatic heterocycles. The summed E-state index contributed by atoms with van der Waals surface area (Å²) in [6, 6.07) is 3.99. The van der Waals surface area contributed by atoms with Crippen molar-refractivity contribution < 1.29 is 14.7 Å². The molecule has 0 bridgehead atoms. The summed E-state index contributed by atoms with van der Waals surface area (Å²) < 4.78 is 0. The number of carboxylic acid groups (broad SMARTS) is 1. The van der Waals surface area contributed by atoms with Crippen LogP contribution >= 0.6 is 11.6 Å². The smallest absolute Gasteiger partial charge is 0.337 e. The van der Waals surface area contributed by atoms with Gasteiger partial charge >= 0.3 is 12.0 Å². The number of amides is 2. The number of anilines is 1. The van der Waals surface area contributed by atoms with E-state index in [4.69, 9.17) is 16.7 Å². The number of nitrogens with one attached hydrogen (secondary N) is 2. The van der Waals surface area contributed by atoms with Crippen molar-refractivity contribution in [2.24, 2.45) is 5.92 Å². The molecule has 1 heterocycles. The second-order valence-corrected chi connectivity index (χ2v) is 5.66. The fourth-order valence-corrected chi connectivity index (χ4v) is 2.63. The average molecular weight is 312 g/mol. The molecule has 6 nitrogen and oxygen atoms in total. The first-order valence-corrected chi connectivity index (χ1v) is 7.09. The minimum atomic E-state index is -1.10. The lowest BCUT2D eigenvalue weighted by molar-refractivity contribution is 0.0697. The summed E-state index contributed by atoms with van der Waals surface area (Å²) in [5, 5.41) is 14.4. The molecule has 1 saturated heterocycles. The zero-order chi connectivity index (χ0) is 15.4. The molecule has 2 amide bonds. The maximum Gasteiger partial charge on any atom is 0.337 e. The van der Waals surface area contributed by atoms with Gasteiger partial charge in [0, 0.05) is 18.8 Å². The Bertz CT molecular complexity index is 550. The van der Waals surface area contributed by atoms with Crippen molar-refractivity contribution in [3.8, 4) is 0 Å². The van der Waals surface area contributed by atoms with E-state index in [2.05, 4.69) is 22.6 Å². The third-order valence-corrected chi connectivity index (χ3v) is 3.81. The van der Waals surface area contributed by atoms with Gasteiger partial charge in [0.1, 0.15) is 0 Å². The number of benzene rings is 1. The van der Waals surface area contributed by atoms with Crippen molar-refractivity contribution in [3.05, 3.63) is 28.8 Å². The lowest BCUT2D eigenvalue weighted by atomic mass is 10.1. The molecule has 1 unspecified atom stereocenters. The number of carboxylic acids is 1. The first-order valence-electron chi connectivity index (χ1n) is 6.72. The van der Waals surface area contributed by atoms with Crippen LogP contribution in [0.5, 0.6) is 0 Å². The SMILES string of the molecule is CN1CCC(CNC(=O)Nc2ccc(C(=O)O)c(Cl)c2)C1. The Labute approximate surface area is 128 Å². The Balaban J connectivity index is 1.85. The first kappa shape index (κ1) is 15.6. The van der Waals surface area contributed by atoms with E-state index < -0.39 is 5.97 Å². The fraction of sp³-hybridized carbons (Fsp3) is 0.429. The predicted octanol–water partition coefficient (Wildman–Crippen LogP) is 2.11. The molecule has 1 fully saturated rings. The van der Waals surface area contributed by atoms with E-state index in [1.54, 1.807) is 0 Å². The third-order valence-electron chi connectivity index (χ3n) is 3.50. The molecule has 0 aromatic heterocycles. The van der Waals surface area contributed by atoms with Gasteiger partial charge in [-0.3, -0.25) is 0 Å². The number of carbonyl (C=O) groups is 2. The molecular weight excluding hydrogens is 294 g/mol. The summed E-state index contributed by atoms with van der Waals surface area (Å²) in [4.78, 5) is 24.9. The van der Waals surface area contributed by atoms with E-state index in [-0.39, 0.29) is 16.6 Å². The number of likely N-dealkylation sites (tertiary alicyclic amines) is 1. The molecule has 0 aliphatic carbocycles. The van der Waals surface area contributed by atoms with Crippen molar-refractivity contribution >= 4 is 29.3 Å². The van der Waals surface area contributed by atoms with Gasteiger partial charge in [-0.15, -0.1) is 0 Å². The van der Waals surface area contributed by atoms with Gasteiger partial charge in [-0.2, -0.15) is 0 Å². The molecule has 1 aliphatic rings. The number of aromatic carboxylic acids is 1. The Hall–Kier alpha value is -1.79. The van der Waals surface area contributed by atoms with E-state index in [1.807, 2.05) is 0 Å². The molecule has 114 valence electrons. The number of carbonyl (C=O) groups excluding carboxylic acids is 1. The van der Waals surface area contributed by atoms with E-state index in [1.165, 1.54) is 18.2 Å². The van der Waals surface area contributed by atoms with Gasteiger partial charge < -0.3 is 20.6 Å². The predicted molar refractivity (Wildman–Crippen MR) is 81.0 cm³/mol. The largest absolute Gasteiger partial charge is 0.478 e. The molecule has 1 aromatic carbocycles. The number of hydrogen-bond acceptors (Lipinski definition) is 3. The molecule has 0 spiro atoms. The van der Waals surface area contributed by atoms with Crippen LogP contribution in [-0.4, -0.2) is 48.7 Å². The zero-order valence-corrected chi connectivity index (χ0v) is 12.5. The Morgan fingerprint density at radius 3 is 2.81 bits per heavy atom. The Morgan fingerprint density at radius 2 is 2.24 bits per heavy atom. The normalized spacial score (nSPS) is 18.5. The summed E-state index contributed by atoms with van der Waals surface area (Å²) in [5.41, 5.74) is 0.475. The maximum atomic E-state index is 11.8. The summed E-state index contributed by atoms with van der Waals surface area (Å²) in [6.07, 6.45) is 1.08. The van der Waals surface area contributed by atoms with Crippen molar-refractivity contribution in [1.82, 2.24) is 10.2 Å². The van der Waals surface area contributed by atoms with Crippen molar-refractivity contribution in [1.29, 1.82) is 0 Å². The average Bonchev–Trinajstić information content (AvgIpc) is 2.82. The number of halogens is 1. The number of hydrogen-bond donors (Lipinski definition) is 3. The van der Waals surface area contributed by atoms with Gasteiger partial charge in [-0.25, -0.2) is 9.59 Å². The van der Waals surface area contributed by atoms with E-state index in [0.717, 1.165) is 19.5 Å². The number of nitrogens with zero attached hydrogens (tertiary/aromatic N) is 1. The summed E-state index contributed by atoms with van der Waals surface area (Å²) in [6.45, 7) is 2.66. The van der Waals surface area contributed by atoms with Crippen LogP contribution in [0.3, 0.4) is 0 Å². The van der Waals surface area contributed by atoms with Crippen LogP contribution in [0.1, 0.15) is 16.8 Å². The maximum absolute atomic E-state index is 11.8. The highest BCUT2D eigenvalue weighted by Gasteiger charge is 2.19. The van der Waals surface area contributed by atoms with Gasteiger partial charge in [0.25, 0.3) is 0 Å². The molecular formula is C14H18ClN3O3. The monoisotopic (exact) mass is 311 g/mol. The third kappa shape index (κ3) is 4.34. The molecule has 2 rings (SSSR count). The number of rotatable bonds is 4. The van der Waals surface area contributed by atoms with Crippen LogP contribution in [0.4, 0.5) is 10.5 Å². The van der Waals surface area contributed by atoms with Gasteiger partial charge in [0.2, 0.25) is 0 Å². The van der Waals surface area contributed by atoms with Crippen LogP contribution < -0.4 is 10.6 Å². The summed E-state index contributed by atoms with van der Waals surface area (Å²) >= 11 is 5.85. The minimum absolute atomic E-state index is 0.0108. The van der Waals surface area contributed by atoms with E-state index >= 15 is 0 Å². The quantitative estimate of drug-likeness (QED) is 0.795. The first-order chi connectivity index (χ1) is 9.95. The van der Waals surface area contributed by atoms with Gasteiger partial charge in [-0.1, -0.05) is 11.6 Å². The topological polar surface area (TPSA) is 81.7 Å². The van der Waals surface area contributed by atoms with Crippen LogP contribution in [0.2, 0.25) is 5.02 Å². The highest BCUT2D eigenvalue weighted by molar-refractivity contribution is 6.33. The molecule has 0 saturated carbocycles. The lowest BCUT2D eigenvalue weighted by Crippen LogP contribution is -2.33. The van der Waals surface area contributed by atoms with E-state index in [0.29, 0.717) is 18.2 Å². The second-order valence-electron chi connectivity index (χ2n) is 5.25. The molecule has 1 atom stereocenters. The Morgan fingerprint density at radius 1 is 1.48 bits per heavy atom.